The quantitative estimate of drug-likeness (QED) is 0.333. The molecule has 0 atom stereocenters. The molecule has 0 N–H and O–H groups in total. The number of nitriles is 4. The SMILES string of the molecule is Cc1ccccc1/C=C\c1c(C)c2nc3ccccc3n2c2c(C#N)c(C#N)c(C#N)c(C#N)c12. The van der Waals surface area contributed by atoms with Crippen molar-refractivity contribution < 1.29 is 0 Å². The highest BCUT2D eigenvalue weighted by Gasteiger charge is 2.26. The summed E-state index contributed by atoms with van der Waals surface area (Å²) in [7, 11) is 0. The molecule has 0 aliphatic heterocycles. The first-order chi connectivity index (χ1) is 17.0. The zero-order valence-electron chi connectivity index (χ0n) is 19.0. The molecule has 0 saturated heterocycles. The van der Waals surface area contributed by atoms with Crippen molar-refractivity contribution in [3.8, 4) is 24.3 Å². The third-order valence-electron chi connectivity index (χ3n) is 6.33. The van der Waals surface area contributed by atoms with Gasteiger partial charge in [0.15, 0.2) is 0 Å². The van der Waals surface area contributed by atoms with E-state index in [0.717, 1.165) is 27.7 Å². The van der Waals surface area contributed by atoms with Gasteiger partial charge in [-0.3, -0.25) is 4.40 Å². The number of aryl methyl sites for hydroxylation is 2. The number of para-hydroxylation sites is 2. The highest BCUT2D eigenvalue weighted by Crippen LogP contribution is 2.38. The van der Waals surface area contributed by atoms with Crippen molar-refractivity contribution in [2.24, 2.45) is 0 Å². The van der Waals surface area contributed by atoms with E-state index in [1.54, 1.807) is 0 Å². The fraction of sp³-hybridized carbons (Fsp3) is 0.0690. The van der Waals surface area contributed by atoms with Crippen LogP contribution in [-0.4, -0.2) is 9.38 Å². The molecule has 2 heterocycles. The number of imidazole rings is 1. The van der Waals surface area contributed by atoms with Crippen molar-refractivity contribution >= 4 is 39.7 Å². The van der Waals surface area contributed by atoms with E-state index in [-0.39, 0.29) is 22.3 Å². The van der Waals surface area contributed by atoms with E-state index in [0.29, 0.717) is 22.1 Å². The normalized spacial score (nSPS) is 10.9. The summed E-state index contributed by atoms with van der Waals surface area (Å²) in [6.45, 7) is 3.92. The molecule has 0 radical (unpaired) electrons. The lowest BCUT2D eigenvalue weighted by Crippen LogP contribution is -2.05. The van der Waals surface area contributed by atoms with Gasteiger partial charge in [-0.15, -0.1) is 0 Å². The molecule has 162 valence electrons. The third-order valence-corrected chi connectivity index (χ3v) is 6.33. The summed E-state index contributed by atoms with van der Waals surface area (Å²) in [6.07, 6.45) is 3.85. The lowest BCUT2D eigenvalue weighted by atomic mass is 9.89. The maximum Gasteiger partial charge on any atom is 0.142 e. The van der Waals surface area contributed by atoms with E-state index in [2.05, 4.69) is 12.1 Å². The average molecular weight is 448 g/mol. The number of pyridine rings is 1. The Morgan fingerprint density at radius 2 is 1.37 bits per heavy atom. The molecule has 6 heteroatoms. The van der Waals surface area contributed by atoms with Gasteiger partial charge in [0, 0.05) is 10.9 Å². The van der Waals surface area contributed by atoms with Crippen LogP contribution in [0.25, 0.3) is 39.7 Å². The van der Waals surface area contributed by atoms with Crippen LogP contribution in [0.5, 0.6) is 0 Å². The van der Waals surface area contributed by atoms with Crippen LogP contribution in [0.2, 0.25) is 0 Å². The summed E-state index contributed by atoms with van der Waals surface area (Å²) < 4.78 is 1.83. The van der Waals surface area contributed by atoms with E-state index >= 15 is 0 Å². The topological polar surface area (TPSA) is 112 Å². The Hall–Kier alpha value is -5.43. The number of aromatic nitrogens is 2. The Kier molecular flexibility index (Phi) is 5.00. The molecular weight excluding hydrogens is 432 g/mol. The van der Waals surface area contributed by atoms with Gasteiger partial charge in [0.1, 0.15) is 29.9 Å². The van der Waals surface area contributed by atoms with Crippen LogP contribution < -0.4 is 0 Å². The standard InChI is InChI=1S/C29H16N6/c1-17-7-3-4-8-19(17)11-12-20-18(2)29-34-25-9-5-6-10-26(25)35(29)28-24(16-33)22(14-31)21(13-30)23(15-32)27(20)28/h3-12H,1-2H3/b12-11-. The minimum Gasteiger partial charge on any atom is -0.291 e. The predicted molar refractivity (Wildman–Crippen MR) is 134 cm³/mol. The summed E-state index contributed by atoms with van der Waals surface area (Å²) in [4.78, 5) is 4.82. The van der Waals surface area contributed by atoms with Crippen molar-refractivity contribution in [1.29, 1.82) is 21.0 Å². The molecule has 0 unspecified atom stereocenters. The Morgan fingerprint density at radius 1 is 0.743 bits per heavy atom. The van der Waals surface area contributed by atoms with Gasteiger partial charge in [-0.05, 0) is 42.7 Å². The van der Waals surface area contributed by atoms with Crippen LogP contribution >= 0.6 is 0 Å². The van der Waals surface area contributed by atoms with E-state index in [9.17, 15) is 21.0 Å². The van der Waals surface area contributed by atoms with Crippen LogP contribution in [-0.2, 0) is 0 Å². The molecule has 0 amide bonds. The van der Waals surface area contributed by atoms with Crippen LogP contribution in [0, 0.1) is 59.2 Å². The van der Waals surface area contributed by atoms with Crippen molar-refractivity contribution in [2.75, 3.05) is 0 Å². The number of rotatable bonds is 2. The van der Waals surface area contributed by atoms with Gasteiger partial charge in [-0.25, -0.2) is 4.98 Å². The number of hydrogen-bond acceptors (Lipinski definition) is 5. The first-order valence-electron chi connectivity index (χ1n) is 10.8. The van der Waals surface area contributed by atoms with Gasteiger partial charge in [0.05, 0.1) is 38.8 Å². The largest absolute Gasteiger partial charge is 0.291 e. The van der Waals surface area contributed by atoms with Gasteiger partial charge >= 0.3 is 0 Å². The summed E-state index contributed by atoms with van der Waals surface area (Å²) in [5, 5.41) is 40.6. The molecule has 35 heavy (non-hydrogen) atoms. The van der Waals surface area contributed by atoms with Crippen LogP contribution in [0.1, 0.15) is 44.5 Å². The Bertz CT molecular complexity index is 1910. The molecule has 0 aliphatic rings. The fourth-order valence-electron chi connectivity index (χ4n) is 4.63. The minimum atomic E-state index is -0.101. The number of benzene rings is 3. The van der Waals surface area contributed by atoms with Gasteiger partial charge in [0.25, 0.3) is 0 Å². The Balaban J connectivity index is 2.10. The molecule has 5 rings (SSSR count). The van der Waals surface area contributed by atoms with Crippen molar-refractivity contribution in [3.63, 3.8) is 0 Å². The zero-order chi connectivity index (χ0) is 24.7. The van der Waals surface area contributed by atoms with Gasteiger partial charge < -0.3 is 0 Å². The number of hydrogen-bond donors (Lipinski definition) is 0. The van der Waals surface area contributed by atoms with Crippen molar-refractivity contribution in [1.82, 2.24) is 9.38 Å². The van der Waals surface area contributed by atoms with E-state index < -0.39 is 0 Å². The second kappa shape index (κ2) is 8.17. The molecule has 6 nitrogen and oxygen atoms in total. The minimum absolute atomic E-state index is 0.0525. The van der Waals surface area contributed by atoms with Crippen LogP contribution in [0.15, 0.2) is 48.5 Å². The number of fused-ring (bicyclic) bond motifs is 5. The highest BCUT2D eigenvalue weighted by molar-refractivity contribution is 6.06. The van der Waals surface area contributed by atoms with E-state index in [4.69, 9.17) is 4.98 Å². The van der Waals surface area contributed by atoms with E-state index in [1.165, 1.54) is 0 Å². The molecule has 0 aliphatic carbocycles. The summed E-state index contributed by atoms with van der Waals surface area (Å²) in [5.74, 6) is 0. The lowest BCUT2D eigenvalue weighted by molar-refractivity contribution is 1.24. The lowest BCUT2D eigenvalue weighted by Gasteiger charge is -2.16. The molecule has 0 bridgehead atoms. The van der Waals surface area contributed by atoms with E-state index in [1.807, 2.05) is 91.1 Å². The fourth-order valence-corrected chi connectivity index (χ4v) is 4.63. The molecule has 2 aromatic heterocycles. The maximum absolute atomic E-state index is 10.2. The van der Waals surface area contributed by atoms with Gasteiger partial charge in [-0.1, -0.05) is 48.6 Å². The molecule has 5 aromatic rings. The Morgan fingerprint density at radius 3 is 2.06 bits per heavy atom. The van der Waals surface area contributed by atoms with Crippen molar-refractivity contribution in [2.45, 2.75) is 13.8 Å². The van der Waals surface area contributed by atoms with Crippen molar-refractivity contribution in [3.05, 3.63) is 93.0 Å². The maximum atomic E-state index is 10.2. The summed E-state index contributed by atoms with van der Waals surface area (Å²) in [6, 6.07) is 23.7. The third kappa shape index (κ3) is 3.03. The predicted octanol–water partition coefficient (Wildman–Crippen LogP) is 5.91. The monoisotopic (exact) mass is 448 g/mol. The highest BCUT2D eigenvalue weighted by atomic mass is 15.0. The molecule has 0 saturated carbocycles. The first-order valence-corrected chi connectivity index (χ1v) is 10.8. The van der Waals surface area contributed by atoms with Crippen LogP contribution in [0.4, 0.5) is 0 Å². The molecule has 0 fully saturated rings. The smallest absolute Gasteiger partial charge is 0.142 e. The first kappa shape index (κ1) is 21.4. The summed E-state index contributed by atoms with van der Waals surface area (Å²) >= 11 is 0. The zero-order valence-corrected chi connectivity index (χ0v) is 19.0. The summed E-state index contributed by atoms with van der Waals surface area (Å²) in [5.41, 5.74) is 6.00. The second-order valence-electron chi connectivity index (χ2n) is 8.16. The van der Waals surface area contributed by atoms with Gasteiger partial charge in [0.2, 0.25) is 0 Å². The van der Waals surface area contributed by atoms with Crippen LogP contribution in [0.3, 0.4) is 0 Å². The van der Waals surface area contributed by atoms with Gasteiger partial charge in [-0.2, -0.15) is 21.0 Å². The molecule has 0 spiro atoms. The average Bonchev–Trinajstić information content (AvgIpc) is 3.27. The number of nitrogens with zero attached hydrogens (tertiary/aromatic N) is 6. The Labute approximate surface area is 201 Å². The molecule has 3 aromatic carbocycles. The second-order valence-corrected chi connectivity index (χ2v) is 8.16. The molecular formula is C29H16N6.